The first-order valence-electron chi connectivity index (χ1n) is 10.9. The average molecular weight is 462 g/mol. The Kier molecular flexibility index (Phi) is 6.91. The van der Waals surface area contributed by atoms with Gasteiger partial charge in [-0.2, -0.15) is 0 Å². The lowest BCUT2D eigenvalue weighted by atomic mass is 10.0. The molecule has 170 valence electrons. The molecule has 0 bridgehead atoms. The molecule has 0 saturated carbocycles. The number of amides is 1. The van der Waals surface area contributed by atoms with Crippen molar-refractivity contribution in [3.8, 4) is 0 Å². The molecule has 0 radical (unpaired) electrons. The minimum absolute atomic E-state index is 0.00297. The topological polar surface area (TPSA) is 91.1 Å². The van der Waals surface area contributed by atoms with Gasteiger partial charge in [-0.15, -0.1) is 0 Å². The molecule has 0 unspecified atom stereocenters. The highest BCUT2D eigenvalue weighted by Crippen LogP contribution is 2.21. The molecule has 0 fully saturated rings. The summed E-state index contributed by atoms with van der Waals surface area (Å²) in [5.74, 6) is -0.213. The van der Waals surface area contributed by atoms with Gasteiger partial charge in [0.25, 0.3) is 0 Å². The summed E-state index contributed by atoms with van der Waals surface area (Å²) in [5.41, 5.74) is 3.90. The lowest BCUT2D eigenvalue weighted by molar-refractivity contribution is -0.121. The van der Waals surface area contributed by atoms with Gasteiger partial charge in [-0.25, -0.2) is 13.1 Å². The molecule has 1 aromatic heterocycles. The summed E-state index contributed by atoms with van der Waals surface area (Å²) in [4.78, 5) is 16.1. The molecule has 7 heteroatoms. The summed E-state index contributed by atoms with van der Waals surface area (Å²) < 4.78 is 28.6. The van der Waals surface area contributed by atoms with Crippen molar-refractivity contribution >= 4 is 26.8 Å². The number of benzene rings is 3. The number of carbonyl (C=O) groups is 1. The highest BCUT2D eigenvalue weighted by Gasteiger charge is 2.23. The van der Waals surface area contributed by atoms with Crippen LogP contribution >= 0.6 is 0 Å². The molecule has 1 heterocycles. The zero-order valence-corrected chi connectivity index (χ0v) is 19.2. The SMILES string of the molecule is Cc1ccc(S(=O)(=O)N[C@H](CC(=O)NCCc2c[nH]c3ccccc23)c2ccccc2)cc1. The van der Waals surface area contributed by atoms with Crippen molar-refractivity contribution < 1.29 is 13.2 Å². The predicted molar refractivity (Wildman–Crippen MR) is 130 cm³/mol. The molecule has 3 aromatic carbocycles. The van der Waals surface area contributed by atoms with E-state index in [-0.39, 0.29) is 17.2 Å². The van der Waals surface area contributed by atoms with Crippen LogP contribution in [0.4, 0.5) is 0 Å². The van der Waals surface area contributed by atoms with Crippen LogP contribution < -0.4 is 10.0 Å². The fourth-order valence-electron chi connectivity index (χ4n) is 3.82. The van der Waals surface area contributed by atoms with Crippen molar-refractivity contribution in [3.63, 3.8) is 0 Å². The van der Waals surface area contributed by atoms with Crippen LogP contribution in [0.5, 0.6) is 0 Å². The Balaban J connectivity index is 1.43. The Bertz CT molecular complexity index is 1330. The van der Waals surface area contributed by atoms with Gasteiger partial charge in [0.15, 0.2) is 0 Å². The van der Waals surface area contributed by atoms with E-state index in [1.165, 1.54) is 0 Å². The summed E-state index contributed by atoms with van der Waals surface area (Å²) in [6.45, 7) is 2.37. The monoisotopic (exact) mass is 461 g/mol. The summed E-state index contributed by atoms with van der Waals surface area (Å²) in [6, 6.07) is 23.2. The van der Waals surface area contributed by atoms with E-state index < -0.39 is 16.1 Å². The van der Waals surface area contributed by atoms with Crippen molar-refractivity contribution in [1.29, 1.82) is 0 Å². The second kappa shape index (κ2) is 10.0. The van der Waals surface area contributed by atoms with E-state index in [1.807, 2.05) is 67.7 Å². The van der Waals surface area contributed by atoms with Gasteiger partial charge in [0.2, 0.25) is 15.9 Å². The molecule has 0 aliphatic heterocycles. The van der Waals surface area contributed by atoms with E-state index in [1.54, 1.807) is 24.3 Å². The summed E-state index contributed by atoms with van der Waals surface area (Å²) in [7, 11) is -3.78. The smallest absolute Gasteiger partial charge is 0.241 e. The lowest BCUT2D eigenvalue weighted by Crippen LogP contribution is -2.34. The molecule has 0 spiro atoms. The third-order valence-corrected chi connectivity index (χ3v) is 7.10. The fourth-order valence-corrected chi connectivity index (χ4v) is 5.04. The molecule has 4 rings (SSSR count). The Hall–Kier alpha value is -3.42. The first-order valence-corrected chi connectivity index (χ1v) is 12.4. The summed E-state index contributed by atoms with van der Waals surface area (Å²) in [6.07, 6.45) is 2.64. The van der Waals surface area contributed by atoms with Crippen LogP contribution in [0.1, 0.15) is 29.2 Å². The van der Waals surface area contributed by atoms with Crippen molar-refractivity contribution in [3.05, 3.63) is 102 Å². The Morgan fingerprint density at radius 2 is 1.64 bits per heavy atom. The molecule has 33 heavy (non-hydrogen) atoms. The normalized spacial score (nSPS) is 12.5. The van der Waals surface area contributed by atoms with Crippen LogP contribution in [-0.4, -0.2) is 25.9 Å². The Morgan fingerprint density at radius 3 is 2.39 bits per heavy atom. The molecule has 0 saturated heterocycles. The maximum atomic E-state index is 13.0. The number of H-pyrrole nitrogens is 1. The maximum Gasteiger partial charge on any atom is 0.241 e. The Labute approximate surface area is 194 Å². The van der Waals surface area contributed by atoms with E-state index in [2.05, 4.69) is 15.0 Å². The number of para-hydroxylation sites is 1. The second-order valence-corrected chi connectivity index (χ2v) is 9.78. The van der Waals surface area contributed by atoms with E-state index in [4.69, 9.17) is 0 Å². The molecule has 1 amide bonds. The number of aromatic nitrogens is 1. The number of nitrogens with one attached hydrogen (secondary N) is 3. The van der Waals surface area contributed by atoms with Crippen LogP contribution in [0, 0.1) is 6.92 Å². The van der Waals surface area contributed by atoms with Crippen molar-refractivity contribution in [2.45, 2.75) is 30.7 Å². The van der Waals surface area contributed by atoms with Crippen LogP contribution in [0.25, 0.3) is 10.9 Å². The fraction of sp³-hybridized carbons (Fsp3) is 0.192. The van der Waals surface area contributed by atoms with E-state index in [9.17, 15) is 13.2 Å². The highest BCUT2D eigenvalue weighted by molar-refractivity contribution is 7.89. The van der Waals surface area contributed by atoms with Gasteiger partial charge in [0, 0.05) is 30.1 Å². The number of rotatable bonds is 9. The van der Waals surface area contributed by atoms with Gasteiger partial charge in [-0.1, -0.05) is 66.2 Å². The quantitative estimate of drug-likeness (QED) is 0.348. The minimum Gasteiger partial charge on any atom is -0.361 e. The maximum absolute atomic E-state index is 13.0. The third-order valence-electron chi connectivity index (χ3n) is 5.61. The number of sulfonamides is 1. The number of hydrogen-bond acceptors (Lipinski definition) is 3. The van der Waals surface area contributed by atoms with Gasteiger partial charge >= 0.3 is 0 Å². The largest absolute Gasteiger partial charge is 0.361 e. The average Bonchev–Trinajstić information content (AvgIpc) is 3.22. The zero-order valence-electron chi connectivity index (χ0n) is 18.4. The van der Waals surface area contributed by atoms with Crippen LogP contribution in [0.2, 0.25) is 0 Å². The summed E-state index contributed by atoms with van der Waals surface area (Å²) >= 11 is 0. The molecule has 4 aromatic rings. The number of aromatic amines is 1. The number of carbonyl (C=O) groups excluding carboxylic acids is 1. The lowest BCUT2D eigenvalue weighted by Gasteiger charge is -2.19. The minimum atomic E-state index is -3.78. The standard InChI is InChI=1S/C26H27N3O3S/c1-19-11-13-22(14-12-19)33(31,32)29-25(20-7-3-2-4-8-20)17-26(30)27-16-15-21-18-28-24-10-6-5-9-23(21)24/h2-14,18,25,28-29H,15-17H2,1H3,(H,27,30)/t25-/m1/s1. The summed E-state index contributed by atoms with van der Waals surface area (Å²) in [5, 5.41) is 4.07. The molecular formula is C26H27N3O3S. The van der Waals surface area contributed by atoms with Crippen LogP contribution in [0.15, 0.2) is 90.0 Å². The second-order valence-electron chi connectivity index (χ2n) is 8.06. The predicted octanol–water partition coefficient (Wildman–Crippen LogP) is 4.24. The van der Waals surface area contributed by atoms with Crippen LogP contribution in [-0.2, 0) is 21.2 Å². The van der Waals surface area contributed by atoms with Gasteiger partial charge < -0.3 is 10.3 Å². The van der Waals surface area contributed by atoms with E-state index in [0.717, 1.165) is 27.6 Å². The molecule has 1 atom stereocenters. The number of hydrogen-bond donors (Lipinski definition) is 3. The Morgan fingerprint density at radius 1 is 0.939 bits per heavy atom. The molecule has 0 aliphatic carbocycles. The highest BCUT2D eigenvalue weighted by atomic mass is 32.2. The van der Waals surface area contributed by atoms with E-state index >= 15 is 0 Å². The van der Waals surface area contributed by atoms with Crippen molar-refractivity contribution in [2.75, 3.05) is 6.54 Å². The molecule has 0 aliphatic rings. The first kappa shape index (κ1) is 22.8. The molecule has 3 N–H and O–H groups in total. The number of fused-ring (bicyclic) bond motifs is 1. The van der Waals surface area contributed by atoms with Gasteiger partial charge in [-0.05, 0) is 42.7 Å². The van der Waals surface area contributed by atoms with Crippen LogP contribution in [0.3, 0.4) is 0 Å². The third kappa shape index (κ3) is 5.69. The van der Waals surface area contributed by atoms with Gasteiger partial charge in [0.1, 0.15) is 0 Å². The van der Waals surface area contributed by atoms with Crippen molar-refractivity contribution in [1.82, 2.24) is 15.0 Å². The molecular weight excluding hydrogens is 434 g/mol. The van der Waals surface area contributed by atoms with E-state index in [0.29, 0.717) is 13.0 Å². The van der Waals surface area contributed by atoms with Gasteiger partial charge in [-0.3, -0.25) is 4.79 Å². The molecule has 6 nitrogen and oxygen atoms in total. The number of aryl methyl sites for hydroxylation is 1. The van der Waals surface area contributed by atoms with Crippen molar-refractivity contribution in [2.24, 2.45) is 0 Å². The first-order chi connectivity index (χ1) is 15.9. The zero-order chi connectivity index (χ0) is 23.3. The van der Waals surface area contributed by atoms with Gasteiger partial charge in [0.05, 0.1) is 10.9 Å².